The fourth-order valence-corrected chi connectivity index (χ4v) is 3.90. The molecule has 0 amide bonds. The summed E-state index contributed by atoms with van der Waals surface area (Å²) < 4.78 is 22.9. The highest BCUT2D eigenvalue weighted by Crippen LogP contribution is 2.26. The molecular weight excluding hydrogens is 312 g/mol. The van der Waals surface area contributed by atoms with Gasteiger partial charge in [-0.15, -0.1) is 11.8 Å². The molecule has 1 aromatic rings. The van der Waals surface area contributed by atoms with E-state index >= 15 is 0 Å². The van der Waals surface area contributed by atoms with Crippen LogP contribution >= 0.6 is 27.7 Å². The molecule has 0 saturated carbocycles. The van der Waals surface area contributed by atoms with Gasteiger partial charge in [-0.1, -0.05) is 22.0 Å². The van der Waals surface area contributed by atoms with Crippen molar-refractivity contribution in [3.63, 3.8) is 0 Å². The van der Waals surface area contributed by atoms with Gasteiger partial charge in [0.2, 0.25) is 0 Å². The van der Waals surface area contributed by atoms with E-state index < -0.39 is 9.84 Å². The van der Waals surface area contributed by atoms with Crippen LogP contribution in [0.25, 0.3) is 0 Å². The fourth-order valence-electron chi connectivity index (χ4n) is 1.10. The van der Waals surface area contributed by atoms with Crippen LogP contribution in [0.4, 0.5) is 0 Å². The van der Waals surface area contributed by atoms with Gasteiger partial charge in [0.1, 0.15) is 9.84 Å². The number of aliphatic hydroxyl groups is 1. The van der Waals surface area contributed by atoms with Crippen LogP contribution in [-0.4, -0.2) is 31.3 Å². The van der Waals surface area contributed by atoms with Gasteiger partial charge in [0.25, 0.3) is 0 Å². The maximum atomic E-state index is 11.0. The highest BCUT2D eigenvalue weighted by molar-refractivity contribution is 9.10. The molecule has 0 unspecified atom stereocenters. The first-order chi connectivity index (χ1) is 7.42. The highest BCUT2D eigenvalue weighted by atomic mass is 79.9. The molecule has 0 aliphatic heterocycles. The summed E-state index contributed by atoms with van der Waals surface area (Å²) in [6, 6.07) is 5.57. The van der Waals surface area contributed by atoms with E-state index in [0.717, 1.165) is 14.9 Å². The molecule has 1 N–H and O–H groups in total. The van der Waals surface area contributed by atoms with Gasteiger partial charge in [0.15, 0.2) is 0 Å². The monoisotopic (exact) mass is 324 g/mol. The molecule has 0 atom stereocenters. The molecule has 6 heteroatoms. The standard InChI is InChI=1S/C10H13BrO3S2/c1-16(13,14)5-4-15-10-6-9(11)3-2-8(10)7-12/h2-3,6,12H,4-5,7H2,1H3. The summed E-state index contributed by atoms with van der Waals surface area (Å²) in [6.07, 6.45) is 1.22. The maximum Gasteiger partial charge on any atom is 0.148 e. The van der Waals surface area contributed by atoms with Crippen molar-refractivity contribution in [3.8, 4) is 0 Å². The zero-order valence-electron chi connectivity index (χ0n) is 8.81. The van der Waals surface area contributed by atoms with Gasteiger partial charge in [-0.25, -0.2) is 8.42 Å². The van der Waals surface area contributed by atoms with E-state index in [1.54, 1.807) is 0 Å². The van der Waals surface area contributed by atoms with Crippen LogP contribution in [0, 0.1) is 0 Å². The first-order valence-corrected chi connectivity index (χ1v) is 8.46. The normalized spacial score (nSPS) is 11.7. The van der Waals surface area contributed by atoms with Gasteiger partial charge < -0.3 is 5.11 Å². The lowest BCUT2D eigenvalue weighted by atomic mass is 10.2. The molecule has 1 aromatic carbocycles. The molecule has 0 aliphatic rings. The molecular formula is C10H13BrO3S2. The molecule has 0 radical (unpaired) electrons. The van der Waals surface area contributed by atoms with E-state index in [1.165, 1.54) is 18.0 Å². The van der Waals surface area contributed by atoms with Gasteiger partial charge in [0.05, 0.1) is 12.4 Å². The zero-order chi connectivity index (χ0) is 12.2. The molecule has 0 aromatic heterocycles. The van der Waals surface area contributed by atoms with Crippen LogP contribution in [0.5, 0.6) is 0 Å². The van der Waals surface area contributed by atoms with Crippen LogP contribution in [0.1, 0.15) is 5.56 Å². The largest absolute Gasteiger partial charge is 0.392 e. The Morgan fingerprint density at radius 3 is 2.69 bits per heavy atom. The van der Waals surface area contributed by atoms with Crippen LogP contribution in [0.3, 0.4) is 0 Å². The van der Waals surface area contributed by atoms with E-state index in [1.807, 2.05) is 18.2 Å². The number of benzene rings is 1. The summed E-state index contributed by atoms with van der Waals surface area (Å²) in [5.41, 5.74) is 0.821. The van der Waals surface area contributed by atoms with Gasteiger partial charge in [-0.05, 0) is 17.7 Å². The molecule has 90 valence electrons. The molecule has 1 rings (SSSR count). The van der Waals surface area contributed by atoms with E-state index in [0.29, 0.717) is 5.75 Å². The molecule has 3 nitrogen and oxygen atoms in total. The Balaban J connectivity index is 2.69. The SMILES string of the molecule is CS(=O)(=O)CCSc1cc(Br)ccc1CO. The zero-order valence-corrected chi connectivity index (χ0v) is 12.0. The smallest absolute Gasteiger partial charge is 0.148 e. The summed E-state index contributed by atoms with van der Waals surface area (Å²) >= 11 is 4.79. The molecule has 0 fully saturated rings. The van der Waals surface area contributed by atoms with Gasteiger partial charge >= 0.3 is 0 Å². The third kappa shape index (κ3) is 4.86. The number of sulfone groups is 1. The highest BCUT2D eigenvalue weighted by Gasteiger charge is 2.06. The van der Waals surface area contributed by atoms with Crippen molar-refractivity contribution in [1.82, 2.24) is 0 Å². The van der Waals surface area contributed by atoms with Crippen molar-refractivity contribution in [2.45, 2.75) is 11.5 Å². The molecule has 0 saturated heterocycles. The second-order valence-corrected chi connectivity index (χ2v) is 7.70. The maximum absolute atomic E-state index is 11.0. The second-order valence-electron chi connectivity index (χ2n) is 3.39. The molecule has 0 heterocycles. The summed E-state index contributed by atoms with van der Waals surface area (Å²) in [4.78, 5) is 0.917. The Bertz CT molecular complexity index is 457. The average Bonchev–Trinajstić information content (AvgIpc) is 2.16. The molecule has 0 aliphatic carbocycles. The summed E-state index contributed by atoms with van der Waals surface area (Å²) in [5, 5.41) is 9.12. The van der Waals surface area contributed by atoms with Gasteiger partial charge in [0, 0.05) is 21.4 Å². The molecule has 0 bridgehead atoms. The lowest BCUT2D eigenvalue weighted by molar-refractivity contribution is 0.279. The summed E-state index contributed by atoms with van der Waals surface area (Å²) in [7, 11) is -2.92. The molecule has 16 heavy (non-hydrogen) atoms. The Hall–Kier alpha value is -0.0400. The van der Waals surface area contributed by atoms with Crippen molar-refractivity contribution in [3.05, 3.63) is 28.2 Å². The van der Waals surface area contributed by atoms with Crippen molar-refractivity contribution in [2.75, 3.05) is 17.8 Å². The van der Waals surface area contributed by atoms with E-state index in [9.17, 15) is 8.42 Å². The Labute approximate surface area is 108 Å². The van der Waals surface area contributed by atoms with E-state index in [4.69, 9.17) is 5.11 Å². The first-order valence-electron chi connectivity index (χ1n) is 4.62. The molecule has 0 spiro atoms. The van der Waals surface area contributed by atoms with Crippen LogP contribution in [-0.2, 0) is 16.4 Å². The Morgan fingerprint density at radius 2 is 2.12 bits per heavy atom. The number of halogens is 1. The Kier molecular flexibility index (Phi) is 5.30. The van der Waals surface area contributed by atoms with E-state index in [2.05, 4.69) is 15.9 Å². The van der Waals surface area contributed by atoms with Crippen molar-refractivity contribution in [1.29, 1.82) is 0 Å². The number of rotatable bonds is 5. The predicted molar refractivity (Wildman–Crippen MR) is 70.5 cm³/mol. The van der Waals surface area contributed by atoms with Crippen LogP contribution in [0.15, 0.2) is 27.6 Å². The lowest BCUT2D eigenvalue weighted by Gasteiger charge is -2.07. The Morgan fingerprint density at radius 1 is 1.44 bits per heavy atom. The van der Waals surface area contributed by atoms with Crippen molar-refractivity contribution >= 4 is 37.5 Å². The van der Waals surface area contributed by atoms with Crippen LogP contribution in [0.2, 0.25) is 0 Å². The predicted octanol–water partition coefficient (Wildman–Crippen LogP) is 2.08. The quantitative estimate of drug-likeness (QED) is 0.842. The minimum Gasteiger partial charge on any atom is -0.392 e. The fraction of sp³-hybridized carbons (Fsp3) is 0.400. The number of thioether (sulfide) groups is 1. The number of hydrogen-bond donors (Lipinski definition) is 1. The van der Waals surface area contributed by atoms with Gasteiger partial charge in [-0.2, -0.15) is 0 Å². The topological polar surface area (TPSA) is 54.4 Å². The average molecular weight is 325 g/mol. The minimum atomic E-state index is -2.92. The van der Waals surface area contributed by atoms with E-state index in [-0.39, 0.29) is 12.4 Å². The summed E-state index contributed by atoms with van der Waals surface area (Å²) in [5.74, 6) is 0.650. The van der Waals surface area contributed by atoms with Crippen molar-refractivity contribution < 1.29 is 13.5 Å². The first kappa shape index (κ1) is 14.0. The summed E-state index contributed by atoms with van der Waals surface area (Å²) in [6.45, 7) is -0.0332. The lowest BCUT2D eigenvalue weighted by Crippen LogP contribution is -2.05. The third-order valence-electron chi connectivity index (χ3n) is 1.91. The van der Waals surface area contributed by atoms with Crippen LogP contribution < -0.4 is 0 Å². The van der Waals surface area contributed by atoms with Gasteiger partial charge in [-0.3, -0.25) is 0 Å². The minimum absolute atomic E-state index is 0.0332. The second kappa shape index (κ2) is 6.05. The van der Waals surface area contributed by atoms with Crippen molar-refractivity contribution in [2.24, 2.45) is 0 Å². The third-order valence-corrected chi connectivity index (χ3v) is 4.71. The number of aliphatic hydroxyl groups excluding tert-OH is 1. The number of hydrogen-bond acceptors (Lipinski definition) is 4.